The van der Waals surface area contributed by atoms with Gasteiger partial charge in [-0.25, -0.2) is 0 Å². The van der Waals surface area contributed by atoms with Gasteiger partial charge >= 0.3 is 0 Å². The molecule has 1 aromatic rings. The van der Waals surface area contributed by atoms with Crippen molar-refractivity contribution in [2.24, 2.45) is 0 Å². The van der Waals surface area contributed by atoms with E-state index in [1.54, 1.807) is 0 Å². The summed E-state index contributed by atoms with van der Waals surface area (Å²) in [7, 11) is 0. The van der Waals surface area contributed by atoms with E-state index in [1.807, 2.05) is 32.4 Å². The maximum absolute atomic E-state index is 9.88. The fraction of sp³-hybridized carbons (Fsp3) is 0.750. The molecule has 0 amide bonds. The molecule has 1 atom stereocenters. The summed E-state index contributed by atoms with van der Waals surface area (Å²) in [5.41, 5.74) is 1.17. The van der Waals surface area contributed by atoms with Crippen LogP contribution in [0.2, 0.25) is 5.02 Å². The van der Waals surface area contributed by atoms with Gasteiger partial charge in [0.2, 0.25) is 0 Å². The van der Waals surface area contributed by atoms with Crippen LogP contribution in [0.3, 0.4) is 0 Å². The molecule has 0 aliphatic heterocycles. The molecule has 0 radical (unpaired) electrons. The highest BCUT2D eigenvalue weighted by atomic mass is 35.5. The molecular weight excluding hydrogens is 238 g/mol. The van der Waals surface area contributed by atoms with Gasteiger partial charge in [-0.3, -0.25) is 4.68 Å². The second-order valence-electron chi connectivity index (χ2n) is 4.62. The van der Waals surface area contributed by atoms with Gasteiger partial charge in [-0.2, -0.15) is 5.10 Å². The predicted molar refractivity (Wildman–Crippen MR) is 70.3 cm³/mol. The molecule has 0 aliphatic rings. The molecule has 1 rings (SSSR count). The van der Waals surface area contributed by atoms with Crippen molar-refractivity contribution in [3.05, 3.63) is 16.4 Å². The number of aliphatic hydroxyl groups is 1. The van der Waals surface area contributed by atoms with Gasteiger partial charge in [-0.1, -0.05) is 18.5 Å². The van der Waals surface area contributed by atoms with Gasteiger partial charge in [0, 0.05) is 19.6 Å². The van der Waals surface area contributed by atoms with E-state index in [1.165, 1.54) is 0 Å². The van der Waals surface area contributed by atoms with Gasteiger partial charge in [0.15, 0.2) is 0 Å². The average Bonchev–Trinajstić information content (AvgIpc) is 2.56. The zero-order chi connectivity index (χ0) is 13.1. The third-order valence-corrected chi connectivity index (χ3v) is 3.50. The van der Waals surface area contributed by atoms with E-state index < -0.39 is 5.60 Å². The molecule has 0 saturated carbocycles. The number of nitrogens with zero attached hydrogens (tertiary/aromatic N) is 2. The van der Waals surface area contributed by atoms with Crippen LogP contribution in [-0.2, 0) is 13.1 Å². The highest BCUT2D eigenvalue weighted by Gasteiger charge is 2.18. The summed E-state index contributed by atoms with van der Waals surface area (Å²) in [6.45, 7) is 9.71. The summed E-state index contributed by atoms with van der Waals surface area (Å²) in [4.78, 5) is 0. The first-order chi connectivity index (χ1) is 7.91. The van der Waals surface area contributed by atoms with Crippen LogP contribution in [0.1, 0.15) is 38.6 Å². The van der Waals surface area contributed by atoms with Crippen LogP contribution in [0.15, 0.2) is 0 Å². The predicted octanol–water partition coefficient (Wildman–Crippen LogP) is 2.12. The lowest BCUT2D eigenvalue weighted by atomic mass is 10.0. The summed E-state index contributed by atoms with van der Waals surface area (Å²) >= 11 is 6.19. The Kier molecular flexibility index (Phi) is 4.98. The van der Waals surface area contributed by atoms with E-state index in [2.05, 4.69) is 10.4 Å². The average molecular weight is 260 g/mol. The van der Waals surface area contributed by atoms with Gasteiger partial charge in [0.05, 0.1) is 22.0 Å². The quantitative estimate of drug-likeness (QED) is 0.823. The van der Waals surface area contributed by atoms with E-state index in [0.717, 1.165) is 29.4 Å². The lowest BCUT2D eigenvalue weighted by molar-refractivity contribution is 0.0554. The Balaban J connectivity index is 2.63. The largest absolute Gasteiger partial charge is 0.389 e. The minimum Gasteiger partial charge on any atom is -0.389 e. The molecule has 0 bridgehead atoms. The van der Waals surface area contributed by atoms with E-state index in [4.69, 9.17) is 11.6 Å². The number of aromatic nitrogens is 2. The lowest BCUT2D eigenvalue weighted by Gasteiger charge is -2.21. The number of halogens is 1. The Morgan fingerprint density at radius 2 is 2.12 bits per heavy atom. The third-order valence-electron chi connectivity index (χ3n) is 3.01. The number of hydrogen-bond acceptors (Lipinski definition) is 3. The molecule has 1 heterocycles. The Hall–Kier alpha value is -0.580. The minimum absolute atomic E-state index is 0.549. The fourth-order valence-electron chi connectivity index (χ4n) is 1.61. The van der Waals surface area contributed by atoms with E-state index in [9.17, 15) is 5.11 Å². The van der Waals surface area contributed by atoms with Crippen LogP contribution in [0, 0.1) is 6.92 Å². The third kappa shape index (κ3) is 3.69. The summed E-state index contributed by atoms with van der Waals surface area (Å²) in [6.07, 6.45) is 0.722. The maximum atomic E-state index is 9.88. The molecule has 98 valence electrons. The van der Waals surface area contributed by atoms with Crippen LogP contribution < -0.4 is 5.32 Å². The van der Waals surface area contributed by atoms with Crippen molar-refractivity contribution in [2.75, 3.05) is 6.54 Å². The minimum atomic E-state index is -0.668. The summed E-state index contributed by atoms with van der Waals surface area (Å²) in [6, 6.07) is 0. The van der Waals surface area contributed by atoms with Crippen LogP contribution in [0.5, 0.6) is 0 Å². The topological polar surface area (TPSA) is 50.1 Å². The van der Waals surface area contributed by atoms with Crippen LogP contribution in [0.4, 0.5) is 0 Å². The maximum Gasteiger partial charge on any atom is 0.0860 e. The normalized spacial score (nSPS) is 14.9. The van der Waals surface area contributed by atoms with Gasteiger partial charge in [-0.15, -0.1) is 0 Å². The van der Waals surface area contributed by atoms with Crippen molar-refractivity contribution in [3.63, 3.8) is 0 Å². The summed E-state index contributed by atoms with van der Waals surface area (Å²) in [5, 5.41) is 18.2. The highest BCUT2D eigenvalue weighted by Crippen LogP contribution is 2.20. The van der Waals surface area contributed by atoms with Gasteiger partial charge < -0.3 is 10.4 Å². The van der Waals surface area contributed by atoms with Crippen LogP contribution in [0.25, 0.3) is 0 Å². The summed E-state index contributed by atoms with van der Waals surface area (Å²) in [5.74, 6) is 0. The Morgan fingerprint density at radius 1 is 1.47 bits per heavy atom. The molecule has 1 unspecified atom stereocenters. The van der Waals surface area contributed by atoms with Crippen molar-refractivity contribution >= 4 is 11.6 Å². The molecule has 0 aromatic carbocycles. The van der Waals surface area contributed by atoms with Gasteiger partial charge in [0.25, 0.3) is 0 Å². The molecule has 17 heavy (non-hydrogen) atoms. The Morgan fingerprint density at radius 3 is 2.65 bits per heavy atom. The molecule has 4 nitrogen and oxygen atoms in total. The smallest absolute Gasteiger partial charge is 0.0860 e. The standard InChI is InChI=1S/C12H22ClN3O/c1-5-12(4,17)8-14-7-10-11(13)9(3)15-16(10)6-2/h14,17H,5-8H2,1-4H3. The number of nitrogens with one attached hydrogen (secondary N) is 1. The number of aryl methyl sites for hydroxylation is 2. The Labute approximate surface area is 108 Å². The molecule has 0 saturated heterocycles. The van der Waals surface area contributed by atoms with Crippen molar-refractivity contribution < 1.29 is 5.11 Å². The zero-order valence-corrected chi connectivity index (χ0v) is 11.8. The van der Waals surface area contributed by atoms with Crippen molar-refractivity contribution in [1.29, 1.82) is 0 Å². The highest BCUT2D eigenvalue weighted by molar-refractivity contribution is 6.31. The van der Waals surface area contributed by atoms with E-state index in [-0.39, 0.29) is 0 Å². The van der Waals surface area contributed by atoms with Crippen molar-refractivity contribution in [2.45, 2.75) is 52.8 Å². The Bertz CT molecular complexity index is 374. The zero-order valence-electron chi connectivity index (χ0n) is 11.0. The summed E-state index contributed by atoms with van der Waals surface area (Å²) < 4.78 is 1.89. The molecule has 5 heteroatoms. The fourth-order valence-corrected chi connectivity index (χ4v) is 1.82. The molecule has 0 aliphatic carbocycles. The first-order valence-corrected chi connectivity index (χ1v) is 6.44. The number of hydrogen-bond donors (Lipinski definition) is 2. The van der Waals surface area contributed by atoms with Crippen LogP contribution >= 0.6 is 11.6 Å². The van der Waals surface area contributed by atoms with E-state index >= 15 is 0 Å². The monoisotopic (exact) mass is 259 g/mol. The lowest BCUT2D eigenvalue weighted by Crippen LogP contribution is -2.37. The molecule has 2 N–H and O–H groups in total. The van der Waals surface area contributed by atoms with Crippen LogP contribution in [-0.4, -0.2) is 27.0 Å². The second kappa shape index (κ2) is 5.85. The first-order valence-electron chi connectivity index (χ1n) is 6.06. The van der Waals surface area contributed by atoms with Crippen molar-refractivity contribution in [1.82, 2.24) is 15.1 Å². The van der Waals surface area contributed by atoms with Gasteiger partial charge in [-0.05, 0) is 27.2 Å². The SMILES string of the molecule is CCn1nc(C)c(Cl)c1CNCC(C)(O)CC. The molecule has 0 fully saturated rings. The second-order valence-corrected chi connectivity index (χ2v) is 4.99. The van der Waals surface area contributed by atoms with Crippen molar-refractivity contribution in [3.8, 4) is 0 Å². The van der Waals surface area contributed by atoms with Gasteiger partial charge in [0.1, 0.15) is 0 Å². The van der Waals surface area contributed by atoms with E-state index in [0.29, 0.717) is 13.1 Å². The molecule has 0 spiro atoms. The first kappa shape index (κ1) is 14.5. The number of rotatable bonds is 6. The molecule has 1 aromatic heterocycles. The molecular formula is C12H22ClN3O.